The van der Waals surface area contributed by atoms with E-state index in [1.54, 1.807) is 6.08 Å². The first-order chi connectivity index (χ1) is 12.5. The molecule has 1 fully saturated rings. The topological polar surface area (TPSA) is 57.6 Å². The molecule has 1 aliphatic heterocycles. The summed E-state index contributed by atoms with van der Waals surface area (Å²) >= 11 is 6.37. The van der Waals surface area contributed by atoms with Gasteiger partial charge in [0, 0.05) is 6.54 Å². The highest BCUT2D eigenvalue weighted by molar-refractivity contribution is 8.26. The van der Waals surface area contributed by atoms with Gasteiger partial charge in [-0.3, -0.25) is 14.5 Å². The summed E-state index contributed by atoms with van der Waals surface area (Å²) in [7, 11) is 0. The van der Waals surface area contributed by atoms with Crippen LogP contribution in [0, 0.1) is 0 Å². The van der Waals surface area contributed by atoms with Gasteiger partial charge in [0.1, 0.15) is 4.32 Å². The molecule has 1 aromatic carbocycles. The van der Waals surface area contributed by atoms with Crippen molar-refractivity contribution in [3.63, 3.8) is 0 Å². The molecule has 0 aliphatic carbocycles. The van der Waals surface area contributed by atoms with Gasteiger partial charge in [0.25, 0.3) is 5.91 Å². The molecule has 1 saturated heterocycles. The van der Waals surface area contributed by atoms with Gasteiger partial charge in [-0.1, -0.05) is 80.2 Å². The molecule has 0 bridgehead atoms. The van der Waals surface area contributed by atoms with Crippen molar-refractivity contribution in [1.82, 2.24) is 4.90 Å². The average molecular weight is 390 g/mol. The Morgan fingerprint density at radius 1 is 1.27 bits per heavy atom. The number of thiocarbonyl (C=S) groups is 1. The number of benzene rings is 1. The highest BCUT2D eigenvalue weighted by Gasteiger charge is 2.31. The largest absolute Gasteiger partial charge is 0.481 e. The molecule has 0 saturated carbocycles. The molecule has 1 amide bonds. The second kappa shape index (κ2) is 10.3. The Morgan fingerprint density at radius 2 is 2.00 bits per heavy atom. The van der Waals surface area contributed by atoms with Crippen LogP contribution < -0.4 is 0 Å². The number of carbonyl (C=O) groups is 2. The van der Waals surface area contributed by atoms with Gasteiger partial charge in [-0.05, 0) is 30.0 Å². The van der Waals surface area contributed by atoms with Crippen molar-refractivity contribution in [1.29, 1.82) is 0 Å². The Balaban J connectivity index is 1.93. The third kappa shape index (κ3) is 6.11. The Morgan fingerprint density at radius 3 is 2.65 bits per heavy atom. The lowest BCUT2D eigenvalue weighted by atomic mass is 10.1. The van der Waals surface area contributed by atoms with Crippen molar-refractivity contribution >= 4 is 46.3 Å². The zero-order chi connectivity index (χ0) is 18.9. The van der Waals surface area contributed by atoms with Crippen LogP contribution in [0.15, 0.2) is 41.3 Å². The minimum absolute atomic E-state index is 0.111. The zero-order valence-electron chi connectivity index (χ0n) is 14.8. The van der Waals surface area contributed by atoms with E-state index < -0.39 is 5.97 Å². The third-order valence-electron chi connectivity index (χ3n) is 4.01. The molecule has 0 unspecified atom stereocenters. The maximum atomic E-state index is 12.3. The van der Waals surface area contributed by atoms with Gasteiger partial charge in [0.15, 0.2) is 0 Å². The lowest BCUT2D eigenvalue weighted by molar-refractivity contribution is -0.137. The van der Waals surface area contributed by atoms with Crippen molar-refractivity contribution in [2.75, 3.05) is 6.54 Å². The van der Waals surface area contributed by atoms with Crippen molar-refractivity contribution in [2.45, 2.75) is 39.0 Å². The van der Waals surface area contributed by atoms with Gasteiger partial charge in [0.05, 0.1) is 11.3 Å². The van der Waals surface area contributed by atoms with Crippen molar-refractivity contribution in [3.05, 3.63) is 52.4 Å². The lowest BCUT2D eigenvalue weighted by Gasteiger charge is -2.12. The molecule has 1 heterocycles. The maximum Gasteiger partial charge on any atom is 0.305 e. The first-order valence-corrected chi connectivity index (χ1v) is 9.96. The molecular formula is C20H23NO3S2. The molecule has 2 rings (SSSR count). The lowest BCUT2D eigenvalue weighted by Crippen LogP contribution is -2.30. The first-order valence-electron chi connectivity index (χ1n) is 8.74. The maximum absolute atomic E-state index is 12.3. The summed E-state index contributed by atoms with van der Waals surface area (Å²) in [5.74, 6) is -1.17. The fourth-order valence-corrected chi connectivity index (χ4v) is 3.80. The predicted molar refractivity (Wildman–Crippen MR) is 111 cm³/mol. The van der Waals surface area contributed by atoms with Crippen LogP contribution in [0.2, 0.25) is 0 Å². The molecule has 0 radical (unpaired) electrons. The number of aliphatic carboxylic acids is 1. The van der Waals surface area contributed by atoms with Crippen molar-refractivity contribution in [3.8, 4) is 0 Å². The molecule has 0 spiro atoms. The number of carboxylic acid groups (broad SMARTS) is 1. The number of rotatable bonds is 9. The second-order valence-electron chi connectivity index (χ2n) is 6.06. The number of carbonyl (C=O) groups excluding carboxylic acids is 1. The summed E-state index contributed by atoms with van der Waals surface area (Å²) in [6.45, 7) is 2.31. The third-order valence-corrected chi connectivity index (χ3v) is 5.40. The van der Waals surface area contributed by atoms with Gasteiger partial charge in [0.2, 0.25) is 0 Å². The quantitative estimate of drug-likeness (QED) is 0.378. The van der Waals surface area contributed by atoms with E-state index in [4.69, 9.17) is 17.3 Å². The second-order valence-corrected chi connectivity index (χ2v) is 7.73. The molecule has 6 heteroatoms. The predicted octanol–water partition coefficient (Wildman–Crippen LogP) is 4.65. The van der Waals surface area contributed by atoms with E-state index in [0.29, 0.717) is 9.23 Å². The van der Waals surface area contributed by atoms with Crippen LogP contribution in [0.1, 0.15) is 43.7 Å². The number of aryl methyl sites for hydroxylation is 1. The van der Waals surface area contributed by atoms with E-state index >= 15 is 0 Å². The Hall–Kier alpha value is -1.92. The smallest absolute Gasteiger partial charge is 0.305 e. The number of hydrogen-bond donors (Lipinski definition) is 1. The van der Waals surface area contributed by atoms with Gasteiger partial charge >= 0.3 is 5.97 Å². The first kappa shape index (κ1) is 20.4. The molecule has 1 N–H and O–H groups in total. The van der Waals surface area contributed by atoms with Gasteiger partial charge in [-0.25, -0.2) is 0 Å². The molecular weight excluding hydrogens is 366 g/mol. The SMILES string of the molecule is CCCCCc1ccc(C=CC=C2SC(=S)N(CCC(=O)O)C2=O)cc1. The minimum atomic E-state index is -0.943. The van der Waals surface area contributed by atoms with E-state index in [0.717, 1.165) is 12.0 Å². The monoisotopic (exact) mass is 389 g/mol. The fraction of sp³-hybridized carbons (Fsp3) is 0.350. The van der Waals surface area contributed by atoms with Gasteiger partial charge in [-0.2, -0.15) is 0 Å². The van der Waals surface area contributed by atoms with Gasteiger partial charge < -0.3 is 5.11 Å². The highest BCUT2D eigenvalue weighted by atomic mass is 32.2. The number of carboxylic acids is 1. The molecule has 4 nitrogen and oxygen atoms in total. The van der Waals surface area contributed by atoms with Gasteiger partial charge in [-0.15, -0.1) is 0 Å². The molecule has 26 heavy (non-hydrogen) atoms. The number of allylic oxidation sites excluding steroid dienone is 2. The number of hydrogen-bond acceptors (Lipinski definition) is 4. The number of unbranched alkanes of at least 4 members (excludes halogenated alkanes) is 2. The van der Waals surface area contributed by atoms with Crippen LogP contribution in [-0.2, 0) is 16.0 Å². The zero-order valence-corrected chi connectivity index (χ0v) is 16.4. The molecule has 138 valence electrons. The summed E-state index contributed by atoms with van der Waals surface area (Å²) in [5.41, 5.74) is 2.41. The van der Waals surface area contributed by atoms with E-state index in [1.807, 2.05) is 12.2 Å². The number of nitrogens with zero attached hydrogens (tertiary/aromatic N) is 1. The molecule has 0 aromatic heterocycles. The Bertz CT molecular complexity index is 723. The van der Waals surface area contributed by atoms with Crippen LogP contribution in [0.4, 0.5) is 0 Å². The van der Waals surface area contributed by atoms with Crippen LogP contribution in [0.5, 0.6) is 0 Å². The fourth-order valence-electron chi connectivity index (χ4n) is 2.54. The Labute approximate surface area is 164 Å². The summed E-state index contributed by atoms with van der Waals surface area (Å²) in [6, 6.07) is 8.43. The van der Waals surface area contributed by atoms with Crippen LogP contribution >= 0.6 is 24.0 Å². The summed E-state index contributed by atoms with van der Waals surface area (Å²) in [6.07, 6.45) is 10.2. The van der Waals surface area contributed by atoms with Crippen LogP contribution in [0.3, 0.4) is 0 Å². The van der Waals surface area contributed by atoms with E-state index in [2.05, 4.69) is 31.2 Å². The van der Waals surface area contributed by atoms with Crippen molar-refractivity contribution < 1.29 is 14.7 Å². The van der Waals surface area contributed by atoms with Crippen LogP contribution in [-0.4, -0.2) is 32.7 Å². The van der Waals surface area contributed by atoms with Crippen LogP contribution in [0.25, 0.3) is 6.08 Å². The summed E-state index contributed by atoms with van der Waals surface area (Å²) in [5, 5.41) is 8.75. The summed E-state index contributed by atoms with van der Waals surface area (Å²) < 4.78 is 0.410. The number of thioether (sulfide) groups is 1. The molecule has 1 aliphatic rings. The average Bonchev–Trinajstić information content (AvgIpc) is 2.88. The molecule has 1 aromatic rings. The van der Waals surface area contributed by atoms with E-state index in [-0.39, 0.29) is 18.9 Å². The highest BCUT2D eigenvalue weighted by Crippen LogP contribution is 2.31. The Kier molecular flexibility index (Phi) is 8.06. The molecule has 0 atom stereocenters. The minimum Gasteiger partial charge on any atom is -0.481 e. The summed E-state index contributed by atoms with van der Waals surface area (Å²) in [4.78, 5) is 24.8. The van der Waals surface area contributed by atoms with E-state index in [1.165, 1.54) is 41.5 Å². The normalized spacial score (nSPS) is 16.2. The standard InChI is InChI=1S/C20H23NO3S2/c1-2-3-4-6-15-9-11-16(12-10-15)7-5-8-17-19(24)21(20(25)26-17)14-13-18(22)23/h5,7-12H,2-4,6,13-14H2,1H3,(H,22,23). The van der Waals surface area contributed by atoms with E-state index in [9.17, 15) is 9.59 Å². The van der Waals surface area contributed by atoms with Crippen molar-refractivity contribution in [2.24, 2.45) is 0 Å². The number of amides is 1.